The molecular formula is C16H17NO3. The molecule has 0 atom stereocenters. The fourth-order valence-corrected chi connectivity index (χ4v) is 2.81. The highest BCUT2D eigenvalue weighted by molar-refractivity contribution is 5.91. The number of hydrogen-bond donors (Lipinski definition) is 1. The van der Waals surface area contributed by atoms with Crippen LogP contribution < -0.4 is 0 Å². The molecule has 0 fully saturated rings. The lowest BCUT2D eigenvalue weighted by Crippen LogP contribution is -2.23. The SMILES string of the molecule is CCN1CCc2cccc3oc(C=CC(=O)O)c(c23)C1. The van der Waals surface area contributed by atoms with Crippen LogP contribution in [0.4, 0.5) is 0 Å². The van der Waals surface area contributed by atoms with Crippen molar-refractivity contribution in [3.63, 3.8) is 0 Å². The highest BCUT2D eigenvalue weighted by atomic mass is 16.4. The van der Waals surface area contributed by atoms with Gasteiger partial charge in [-0.25, -0.2) is 4.79 Å². The second-order valence-electron chi connectivity index (χ2n) is 5.03. The maximum absolute atomic E-state index is 10.7. The molecule has 3 rings (SSSR count). The normalized spacial score (nSPS) is 15.8. The molecule has 1 N–H and O–H groups in total. The van der Waals surface area contributed by atoms with Crippen molar-refractivity contribution in [1.29, 1.82) is 0 Å². The van der Waals surface area contributed by atoms with Gasteiger partial charge in [0, 0.05) is 30.1 Å². The average Bonchev–Trinajstić information content (AvgIpc) is 2.66. The zero-order valence-corrected chi connectivity index (χ0v) is 11.4. The molecule has 2 heterocycles. The Morgan fingerprint density at radius 3 is 3.10 bits per heavy atom. The number of carboxylic acid groups (broad SMARTS) is 1. The third-order valence-electron chi connectivity index (χ3n) is 3.84. The zero-order chi connectivity index (χ0) is 14.1. The summed E-state index contributed by atoms with van der Waals surface area (Å²) < 4.78 is 5.83. The summed E-state index contributed by atoms with van der Waals surface area (Å²) in [6, 6.07) is 6.07. The number of aliphatic carboxylic acids is 1. The number of nitrogens with zero attached hydrogens (tertiary/aromatic N) is 1. The second-order valence-corrected chi connectivity index (χ2v) is 5.03. The van der Waals surface area contributed by atoms with E-state index in [1.54, 1.807) is 6.08 Å². The molecule has 1 aromatic carbocycles. The van der Waals surface area contributed by atoms with E-state index < -0.39 is 5.97 Å². The molecule has 0 saturated carbocycles. The Hall–Kier alpha value is -2.07. The van der Waals surface area contributed by atoms with Crippen LogP contribution in [0.1, 0.15) is 23.8 Å². The van der Waals surface area contributed by atoms with Crippen LogP contribution >= 0.6 is 0 Å². The van der Waals surface area contributed by atoms with Crippen molar-refractivity contribution in [2.75, 3.05) is 13.1 Å². The Bertz CT molecular complexity index is 684. The first-order chi connectivity index (χ1) is 9.69. The third-order valence-corrected chi connectivity index (χ3v) is 3.84. The van der Waals surface area contributed by atoms with Gasteiger partial charge in [-0.3, -0.25) is 4.90 Å². The van der Waals surface area contributed by atoms with Gasteiger partial charge in [-0.2, -0.15) is 0 Å². The number of likely N-dealkylation sites (N-methyl/N-ethyl adjacent to an activating group) is 1. The van der Waals surface area contributed by atoms with Crippen LogP contribution in [0.15, 0.2) is 28.7 Å². The average molecular weight is 271 g/mol. The van der Waals surface area contributed by atoms with Crippen molar-refractivity contribution >= 4 is 23.0 Å². The maximum atomic E-state index is 10.7. The Morgan fingerprint density at radius 2 is 2.35 bits per heavy atom. The molecule has 2 aromatic rings. The molecule has 0 amide bonds. The minimum Gasteiger partial charge on any atom is -0.478 e. The summed E-state index contributed by atoms with van der Waals surface area (Å²) in [5.41, 5.74) is 3.24. The van der Waals surface area contributed by atoms with E-state index in [0.717, 1.165) is 48.7 Å². The molecule has 0 aliphatic carbocycles. The lowest BCUT2D eigenvalue weighted by molar-refractivity contribution is -0.131. The first kappa shape index (κ1) is 12.9. The maximum Gasteiger partial charge on any atom is 0.328 e. The van der Waals surface area contributed by atoms with Gasteiger partial charge in [-0.05, 0) is 30.7 Å². The third kappa shape index (κ3) is 2.23. The van der Waals surface area contributed by atoms with Gasteiger partial charge in [0.05, 0.1) is 0 Å². The van der Waals surface area contributed by atoms with E-state index in [-0.39, 0.29) is 0 Å². The minimum atomic E-state index is -0.959. The van der Waals surface area contributed by atoms with Gasteiger partial charge in [0.15, 0.2) is 0 Å². The number of furan rings is 1. The number of benzene rings is 1. The van der Waals surface area contributed by atoms with Crippen molar-refractivity contribution in [3.8, 4) is 0 Å². The molecule has 0 unspecified atom stereocenters. The standard InChI is InChI=1S/C16H17NO3/c1-2-17-9-8-11-4-3-5-14-16(11)12(10-17)13(20-14)6-7-15(18)19/h3-7H,2,8-10H2,1H3,(H,18,19). The fraction of sp³-hybridized carbons (Fsp3) is 0.312. The van der Waals surface area contributed by atoms with Gasteiger partial charge in [-0.15, -0.1) is 0 Å². The van der Waals surface area contributed by atoms with Gasteiger partial charge >= 0.3 is 5.97 Å². The molecular weight excluding hydrogens is 254 g/mol. The molecule has 0 spiro atoms. The predicted octanol–water partition coefficient (Wildman–Crippen LogP) is 2.91. The summed E-state index contributed by atoms with van der Waals surface area (Å²) in [6.45, 7) is 4.94. The van der Waals surface area contributed by atoms with Crippen molar-refractivity contribution < 1.29 is 14.3 Å². The van der Waals surface area contributed by atoms with Crippen molar-refractivity contribution in [3.05, 3.63) is 41.2 Å². The minimum absolute atomic E-state index is 0.662. The van der Waals surface area contributed by atoms with E-state index in [1.165, 1.54) is 5.56 Å². The van der Waals surface area contributed by atoms with E-state index in [1.807, 2.05) is 12.1 Å². The van der Waals surface area contributed by atoms with E-state index in [4.69, 9.17) is 9.52 Å². The Kier molecular flexibility index (Phi) is 3.32. The Morgan fingerprint density at radius 1 is 1.50 bits per heavy atom. The van der Waals surface area contributed by atoms with Crippen LogP contribution in [0, 0.1) is 0 Å². The molecule has 20 heavy (non-hydrogen) atoms. The molecule has 1 aromatic heterocycles. The summed E-state index contributed by atoms with van der Waals surface area (Å²) in [7, 11) is 0. The molecule has 4 nitrogen and oxygen atoms in total. The summed E-state index contributed by atoms with van der Waals surface area (Å²) >= 11 is 0. The van der Waals surface area contributed by atoms with Crippen LogP contribution in [0.2, 0.25) is 0 Å². The summed E-state index contributed by atoms with van der Waals surface area (Å²) in [5, 5.41) is 9.96. The van der Waals surface area contributed by atoms with E-state index >= 15 is 0 Å². The highest BCUT2D eigenvalue weighted by Crippen LogP contribution is 2.33. The van der Waals surface area contributed by atoms with Crippen LogP contribution in [0.5, 0.6) is 0 Å². The Labute approximate surface area is 117 Å². The molecule has 0 saturated heterocycles. The van der Waals surface area contributed by atoms with Crippen LogP contribution in [-0.4, -0.2) is 29.1 Å². The molecule has 0 bridgehead atoms. The fourth-order valence-electron chi connectivity index (χ4n) is 2.81. The summed E-state index contributed by atoms with van der Waals surface area (Å²) in [5.74, 6) is -0.297. The quantitative estimate of drug-likeness (QED) is 0.872. The van der Waals surface area contributed by atoms with E-state index in [9.17, 15) is 4.79 Å². The Balaban J connectivity index is 2.17. The molecule has 4 heteroatoms. The first-order valence-corrected chi connectivity index (χ1v) is 6.85. The van der Waals surface area contributed by atoms with Crippen LogP contribution in [-0.2, 0) is 17.8 Å². The second kappa shape index (κ2) is 5.13. The van der Waals surface area contributed by atoms with Gasteiger partial charge < -0.3 is 9.52 Å². The first-order valence-electron chi connectivity index (χ1n) is 6.85. The largest absolute Gasteiger partial charge is 0.478 e. The topological polar surface area (TPSA) is 53.7 Å². The van der Waals surface area contributed by atoms with E-state index in [2.05, 4.69) is 17.9 Å². The van der Waals surface area contributed by atoms with Crippen molar-refractivity contribution in [1.82, 2.24) is 4.90 Å². The van der Waals surface area contributed by atoms with Gasteiger partial charge in [0.1, 0.15) is 11.3 Å². The summed E-state index contributed by atoms with van der Waals surface area (Å²) in [4.78, 5) is 13.1. The predicted molar refractivity (Wildman–Crippen MR) is 77.5 cm³/mol. The number of carbonyl (C=O) groups is 1. The summed E-state index contributed by atoms with van der Waals surface area (Å²) in [6.07, 6.45) is 3.69. The van der Waals surface area contributed by atoms with Crippen molar-refractivity contribution in [2.24, 2.45) is 0 Å². The lowest BCUT2D eigenvalue weighted by atomic mass is 10.0. The van der Waals surface area contributed by atoms with E-state index in [0.29, 0.717) is 5.76 Å². The number of carboxylic acids is 1. The van der Waals surface area contributed by atoms with Crippen molar-refractivity contribution in [2.45, 2.75) is 19.9 Å². The van der Waals surface area contributed by atoms with Crippen LogP contribution in [0.25, 0.3) is 17.0 Å². The van der Waals surface area contributed by atoms with Gasteiger partial charge in [0.2, 0.25) is 0 Å². The van der Waals surface area contributed by atoms with Gasteiger partial charge in [0.25, 0.3) is 0 Å². The smallest absolute Gasteiger partial charge is 0.328 e. The molecule has 0 radical (unpaired) electrons. The zero-order valence-electron chi connectivity index (χ0n) is 11.4. The highest BCUT2D eigenvalue weighted by Gasteiger charge is 2.21. The molecule has 104 valence electrons. The van der Waals surface area contributed by atoms with Gasteiger partial charge in [-0.1, -0.05) is 19.1 Å². The molecule has 1 aliphatic heterocycles. The molecule has 1 aliphatic rings. The lowest BCUT2D eigenvalue weighted by Gasteiger charge is -2.17. The monoisotopic (exact) mass is 271 g/mol. The number of rotatable bonds is 3. The van der Waals surface area contributed by atoms with Crippen LogP contribution in [0.3, 0.4) is 0 Å². The number of hydrogen-bond acceptors (Lipinski definition) is 3.